The van der Waals surface area contributed by atoms with E-state index in [0.717, 1.165) is 0 Å². The molecule has 0 aromatic heterocycles. The van der Waals surface area contributed by atoms with Gasteiger partial charge in [0.05, 0.1) is 0 Å². The zero-order valence-corrected chi connectivity index (χ0v) is 8.37. The quantitative estimate of drug-likeness (QED) is 0.168. The first-order valence-electron chi connectivity index (χ1n) is 1.20. The summed E-state index contributed by atoms with van der Waals surface area (Å²) in [5, 5.41) is 0. The molecule has 0 fully saturated rings. The molecular formula is H7NaO6P2. The molecule has 0 amide bonds. The van der Waals surface area contributed by atoms with Gasteiger partial charge in [-0.15, -0.1) is 0 Å². The topological polar surface area (TPSA) is 121 Å². The molecular weight excluding hydrogens is 181 g/mol. The Bertz CT molecular complexity index is 31.2. The van der Waals surface area contributed by atoms with E-state index in [1.165, 1.54) is 0 Å². The maximum absolute atomic E-state index is 7.23. The van der Waals surface area contributed by atoms with Gasteiger partial charge in [0.1, 0.15) is 0 Å². The zero-order valence-electron chi connectivity index (χ0n) is 5.58. The number of hydrogen-bond donors (Lipinski definition) is 6. The standard InChI is InChI=1S/Na.2H3O3P.H/c;2*1-4(2)3;/h;2*1-3H;/q+1;;;-1. The van der Waals surface area contributed by atoms with Gasteiger partial charge in [-0.2, -0.15) is 0 Å². The van der Waals surface area contributed by atoms with Crippen molar-refractivity contribution < 1.29 is 60.3 Å². The summed E-state index contributed by atoms with van der Waals surface area (Å²) in [6, 6.07) is 0. The Kier molecular flexibility index (Phi) is 23.2. The Labute approximate surface area is 77.6 Å². The molecule has 0 saturated heterocycles. The molecule has 54 valence electrons. The van der Waals surface area contributed by atoms with E-state index in [-0.39, 0.29) is 31.0 Å². The summed E-state index contributed by atoms with van der Waals surface area (Å²) in [7, 11) is -5.24. The van der Waals surface area contributed by atoms with Crippen LogP contribution in [0.4, 0.5) is 0 Å². The third-order valence-electron chi connectivity index (χ3n) is 0. The Morgan fingerprint density at radius 1 is 0.667 bits per heavy atom. The van der Waals surface area contributed by atoms with Crippen LogP contribution in [-0.2, 0) is 0 Å². The molecule has 0 rings (SSSR count). The summed E-state index contributed by atoms with van der Waals surface area (Å²) in [5.41, 5.74) is 0. The maximum atomic E-state index is 7.23. The fraction of sp³-hybridized carbons (Fsp3) is 0. The fourth-order valence-electron chi connectivity index (χ4n) is 0. The van der Waals surface area contributed by atoms with Crippen LogP contribution in [0.25, 0.3) is 0 Å². The Morgan fingerprint density at radius 2 is 0.667 bits per heavy atom. The predicted octanol–water partition coefficient (Wildman–Crippen LogP) is -4.50. The molecule has 0 atom stereocenters. The third kappa shape index (κ3) is 213. The van der Waals surface area contributed by atoms with Crippen molar-refractivity contribution in [3.63, 3.8) is 0 Å². The molecule has 0 bridgehead atoms. The molecule has 9 heavy (non-hydrogen) atoms. The predicted molar refractivity (Wildman–Crippen MR) is 28.3 cm³/mol. The van der Waals surface area contributed by atoms with Crippen molar-refractivity contribution in [2.24, 2.45) is 0 Å². The van der Waals surface area contributed by atoms with E-state index in [1.54, 1.807) is 0 Å². The summed E-state index contributed by atoms with van der Waals surface area (Å²) in [6.45, 7) is 0. The van der Waals surface area contributed by atoms with E-state index >= 15 is 0 Å². The van der Waals surface area contributed by atoms with Gasteiger partial charge in [0.2, 0.25) is 0 Å². The second-order valence-electron chi connectivity index (χ2n) is 0.537. The summed E-state index contributed by atoms with van der Waals surface area (Å²) in [6.07, 6.45) is 0. The minimum atomic E-state index is -2.62. The molecule has 6 nitrogen and oxygen atoms in total. The average Bonchev–Trinajstić information content (AvgIpc) is 1.25. The van der Waals surface area contributed by atoms with Gasteiger partial charge in [0, 0.05) is 0 Å². The van der Waals surface area contributed by atoms with Crippen molar-refractivity contribution in [3.8, 4) is 0 Å². The van der Waals surface area contributed by atoms with Crippen LogP contribution >= 0.6 is 17.2 Å². The first-order valence-corrected chi connectivity index (χ1v) is 3.60. The monoisotopic (exact) mass is 188 g/mol. The second kappa shape index (κ2) is 12.3. The van der Waals surface area contributed by atoms with Gasteiger partial charge in [0.25, 0.3) is 0 Å². The molecule has 9 heteroatoms. The minimum Gasteiger partial charge on any atom is -1.00 e. The van der Waals surface area contributed by atoms with Gasteiger partial charge in [0.15, 0.2) is 0 Å². The van der Waals surface area contributed by atoms with Crippen molar-refractivity contribution in [3.05, 3.63) is 0 Å². The van der Waals surface area contributed by atoms with Gasteiger partial charge < -0.3 is 30.8 Å². The van der Waals surface area contributed by atoms with Crippen LogP contribution in [0.3, 0.4) is 0 Å². The molecule has 0 heterocycles. The number of hydrogen-bond acceptors (Lipinski definition) is 6. The van der Waals surface area contributed by atoms with Crippen LogP contribution in [-0.4, -0.2) is 29.4 Å². The van der Waals surface area contributed by atoms with Gasteiger partial charge in [-0.25, -0.2) is 0 Å². The van der Waals surface area contributed by atoms with Gasteiger partial charge in [-0.3, -0.25) is 0 Å². The SMILES string of the molecule is OP(O)O.OP(O)O.[H-].[Na+]. The summed E-state index contributed by atoms with van der Waals surface area (Å²) < 4.78 is 0. The summed E-state index contributed by atoms with van der Waals surface area (Å²) >= 11 is 0. The Hall–Kier alpha value is 1.62. The van der Waals surface area contributed by atoms with Crippen LogP contribution in [0.15, 0.2) is 0 Å². The van der Waals surface area contributed by atoms with Crippen molar-refractivity contribution in [2.75, 3.05) is 0 Å². The second-order valence-corrected chi connectivity index (χ2v) is 1.61. The largest absolute Gasteiger partial charge is 1.00 e. The summed E-state index contributed by atoms with van der Waals surface area (Å²) in [5.74, 6) is 0. The molecule has 0 spiro atoms. The molecule has 0 aromatic rings. The molecule has 0 aliphatic rings. The molecule has 0 aromatic carbocycles. The van der Waals surface area contributed by atoms with E-state index in [4.69, 9.17) is 29.4 Å². The van der Waals surface area contributed by atoms with E-state index in [9.17, 15) is 0 Å². The molecule has 0 unspecified atom stereocenters. The fourth-order valence-corrected chi connectivity index (χ4v) is 0. The first kappa shape index (κ1) is 16.9. The normalized spacial score (nSPS) is 8.00. The van der Waals surface area contributed by atoms with Crippen molar-refractivity contribution in [2.45, 2.75) is 0 Å². The average molecular weight is 188 g/mol. The van der Waals surface area contributed by atoms with Crippen LogP contribution < -0.4 is 29.6 Å². The van der Waals surface area contributed by atoms with Gasteiger partial charge >= 0.3 is 46.8 Å². The smallest absolute Gasteiger partial charge is 1.00 e. The van der Waals surface area contributed by atoms with E-state index < -0.39 is 17.2 Å². The van der Waals surface area contributed by atoms with Crippen molar-refractivity contribution in [1.29, 1.82) is 0 Å². The first-order chi connectivity index (χ1) is 3.46. The van der Waals surface area contributed by atoms with Crippen molar-refractivity contribution in [1.82, 2.24) is 0 Å². The van der Waals surface area contributed by atoms with Crippen LogP contribution in [0.2, 0.25) is 0 Å². The molecule has 6 N–H and O–H groups in total. The van der Waals surface area contributed by atoms with Crippen LogP contribution in [0, 0.1) is 0 Å². The number of rotatable bonds is 0. The van der Waals surface area contributed by atoms with Crippen LogP contribution in [0.5, 0.6) is 0 Å². The minimum absolute atomic E-state index is 0. The van der Waals surface area contributed by atoms with E-state index in [1.807, 2.05) is 0 Å². The van der Waals surface area contributed by atoms with Crippen molar-refractivity contribution >= 4 is 17.2 Å². The molecule has 0 aliphatic carbocycles. The molecule has 0 saturated carbocycles. The maximum Gasteiger partial charge on any atom is 1.00 e. The summed E-state index contributed by atoms with van der Waals surface area (Å²) in [4.78, 5) is 43.4. The zero-order chi connectivity index (χ0) is 7.15. The van der Waals surface area contributed by atoms with Gasteiger partial charge in [-0.1, -0.05) is 0 Å². The van der Waals surface area contributed by atoms with Crippen LogP contribution in [0.1, 0.15) is 1.43 Å². The third-order valence-corrected chi connectivity index (χ3v) is 0. The Balaban J connectivity index is -0.0000000300. The van der Waals surface area contributed by atoms with E-state index in [2.05, 4.69) is 0 Å². The van der Waals surface area contributed by atoms with E-state index in [0.29, 0.717) is 0 Å². The molecule has 0 aliphatic heterocycles. The van der Waals surface area contributed by atoms with Gasteiger partial charge in [-0.05, 0) is 0 Å². The molecule has 0 radical (unpaired) electrons. The Morgan fingerprint density at radius 3 is 0.667 bits per heavy atom.